The number of nitrogens with one attached hydrogen (secondary N) is 1. The lowest BCUT2D eigenvalue weighted by molar-refractivity contribution is -0.134. The highest BCUT2D eigenvalue weighted by Crippen LogP contribution is 2.13. The fourth-order valence-corrected chi connectivity index (χ4v) is 2.08. The van der Waals surface area contributed by atoms with E-state index in [9.17, 15) is 4.79 Å². The van der Waals surface area contributed by atoms with Crippen LogP contribution >= 0.6 is 0 Å². The first-order valence-corrected chi connectivity index (χ1v) is 6.21. The van der Waals surface area contributed by atoms with Gasteiger partial charge in [-0.05, 0) is 25.8 Å². The van der Waals surface area contributed by atoms with Crippen molar-refractivity contribution >= 4 is 5.91 Å². The number of piperidine rings is 1. The first-order valence-electron chi connectivity index (χ1n) is 6.21. The predicted octanol–water partition coefficient (Wildman–Crippen LogP) is 1.63. The summed E-state index contributed by atoms with van der Waals surface area (Å²) < 4.78 is 0. The number of rotatable bonds is 5. The van der Waals surface area contributed by atoms with Gasteiger partial charge in [0.05, 0.1) is 5.92 Å². The molecule has 1 heterocycles. The topological polar surface area (TPSA) is 32.3 Å². The molecule has 1 amide bonds. The van der Waals surface area contributed by atoms with E-state index < -0.39 is 0 Å². The molecule has 0 aliphatic carbocycles. The Labute approximate surface area is 93.2 Å². The zero-order valence-electron chi connectivity index (χ0n) is 10.1. The molecule has 3 nitrogen and oxygen atoms in total. The van der Waals surface area contributed by atoms with Gasteiger partial charge in [0.1, 0.15) is 0 Å². The first kappa shape index (κ1) is 12.5. The summed E-state index contributed by atoms with van der Waals surface area (Å²) in [5.41, 5.74) is 0. The first-order chi connectivity index (χ1) is 7.25. The molecule has 1 saturated heterocycles. The summed E-state index contributed by atoms with van der Waals surface area (Å²) in [5.74, 6) is 0.559. The quantitative estimate of drug-likeness (QED) is 0.703. The van der Waals surface area contributed by atoms with E-state index in [1.165, 1.54) is 12.8 Å². The molecule has 3 heteroatoms. The van der Waals surface area contributed by atoms with Gasteiger partial charge in [0, 0.05) is 20.1 Å². The molecule has 0 spiro atoms. The lowest BCUT2D eigenvalue weighted by atomic mass is 9.98. The summed E-state index contributed by atoms with van der Waals surface area (Å²) in [6, 6.07) is 0. The highest BCUT2D eigenvalue weighted by atomic mass is 16.2. The fraction of sp³-hybridized carbons (Fsp3) is 0.917. The van der Waals surface area contributed by atoms with Gasteiger partial charge in [-0.1, -0.05) is 19.8 Å². The molecule has 0 aromatic heterocycles. The van der Waals surface area contributed by atoms with Gasteiger partial charge in [-0.2, -0.15) is 0 Å². The van der Waals surface area contributed by atoms with E-state index in [0.717, 1.165) is 38.9 Å². The molecule has 1 rings (SSSR count). The highest BCUT2D eigenvalue weighted by molar-refractivity contribution is 5.78. The second-order valence-corrected chi connectivity index (χ2v) is 4.51. The molecule has 1 aliphatic heterocycles. The number of amides is 1. The van der Waals surface area contributed by atoms with Crippen molar-refractivity contribution in [3.63, 3.8) is 0 Å². The normalized spacial score (nSPS) is 21.3. The Morgan fingerprint density at radius 1 is 1.47 bits per heavy atom. The Morgan fingerprint density at radius 3 is 2.87 bits per heavy atom. The van der Waals surface area contributed by atoms with Crippen molar-refractivity contribution in [2.24, 2.45) is 5.92 Å². The van der Waals surface area contributed by atoms with Crippen LogP contribution in [-0.4, -0.2) is 37.5 Å². The van der Waals surface area contributed by atoms with E-state index in [0.29, 0.717) is 5.91 Å². The van der Waals surface area contributed by atoms with Gasteiger partial charge in [0.15, 0.2) is 0 Å². The molecule has 1 N–H and O–H groups in total. The molecule has 1 atom stereocenters. The van der Waals surface area contributed by atoms with Gasteiger partial charge in [-0.15, -0.1) is 0 Å². The Balaban J connectivity index is 2.24. The van der Waals surface area contributed by atoms with Crippen molar-refractivity contribution < 1.29 is 4.79 Å². The molecule has 0 saturated carbocycles. The number of carbonyl (C=O) groups excluding carboxylic acids is 1. The summed E-state index contributed by atoms with van der Waals surface area (Å²) in [6.07, 6.45) is 5.77. The van der Waals surface area contributed by atoms with E-state index in [1.54, 1.807) is 0 Å². The maximum Gasteiger partial charge on any atom is 0.226 e. The van der Waals surface area contributed by atoms with Crippen molar-refractivity contribution in [2.75, 3.05) is 26.7 Å². The Hall–Kier alpha value is -0.570. The maximum absolute atomic E-state index is 12.0. The molecule has 1 fully saturated rings. The van der Waals surface area contributed by atoms with Gasteiger partial charge in [0.25, 0.3) is 0 Å². The minimum Gasteiger partial charge on any atom is -0.345 e. The molecule has 0 bridgehead atoms. The SMILES string of the molecule is CCCCCN(C)C(=O)[C@@H]1CCCNC1. The van der Waals surface area contributed by atoms with Gasteiger partial charge < -0.3 is 10.2 Å². The van der Waals surface area contributed by atoms with Gasteiger partial charge in [-0.3, -0.25) is 4.79 Å². The molecule has 0 aromatic rings. The number of hydrogen-bond donors (Lipinski definition) is 1. The molecular weight excluding hydrogens is 188 g/mol. The minimum absolute atomic E-state index is 0.227. The van der Waals surface area contributed by atoms with E-state index in [4.69, 9.17) is 0 Å². The van der Waals surface area contributed by atoms with Crippen molar-refractivity contribution in [2.45, 2.75) is 39.0 Å². The van der Waals surface area contributed by atoms with Crippen LogP contribution in [0.15, 0.2) is 0 Å². The third-order valence-electron chi connectivity index (χ3n) is 3.12. The summed E-state index contributed by atoms with van der Waals surface area (Å²) >= 11 is 0. The van der Waals surface area contributed by atoms with Crippen LogP contribution in [0.1, 0.15) is 39.0 Å². The van der Waals surface area contributed by atoms with Gasteiger partial charge in [-0.25, -0.2) is 0 Å². The van der Waals surface area contributed by atoms with Crippen LogP contribution in [0.25, 0.3) is 0 Å². The number of unbranched alkanes of at least 4 members (excludes halogenated alkanes) is 2. The van der Waals surface area contributed by atoms with Crippen molar-refractivity contribution in [1.82, 2.24) is 10.2 Å². The zero-order valence-corrected chi connectivity index (χ0v) is 10.1. The number of nitrogens with zero attached hydrogens (tertiary/aromatic N) is 1. The van der Waals surface area contributed by atoms with E-state index in [-0.39, 0.29) is 5.92 Å². The third kappa shape index (κ3) is 4.20. The molecule has 0 aromatic carbocycles. The molecule has 15 heavy (non-hydrogen) atoms. The largest absolute Gasteiger partial charge is 0.345 e. The zero-order chi connectivity index (χ0) is 11.1. The second kappa shape index (κ2) is 6.83. The molecule has 0 radical (unpaired) electrons. The minimum atomic E-state index is 0.227. The average molecular weight is 212 g/mol. The van der Waals surface area contributed by atoms with Crippen LogP contribution < -0.4 is 5.32 Å². The lowest BCUT2D eigenvalue weighted by Gasteiger charge is -2.27. The summed E-state index contributed by atoms with van der Waals surface area (Å²) in [5, 5.41) is 3.29. The second-order valence-electron chi connectivity index (χ2n) is 4.51. The Morgan fingerprint density at radius 2 is 2.27 bits per heavy atom. The molecule has 88 valence electrons. The monoisotopic (exact) mass is 212 g/mol. The van der Waals surface area contributed by atoms with E-state index in [1.807, 2.05) is 11.9 Å². The van der Waals surface area contributed by atoms with E-state index >= 15 is 0 Å². The maximum atomic E-state index is 12.0. The third-order valence-corrected chi connectivity index (χ3v) is 3.12. The molecular formula is C12H24N2O. The van der Waals surface area contributed by atoms with Crippen LogP contribution in [0.4, 0.5) is 0 Å². The standard InChI is InChI=1S/C12H24N2O/c1-3-4-5-9-14(2)12(15)11-7-6-8-13-10-11/h11,13H,3-10H2,1-2H3/t11-/m1/s1. The fourth-order valence-electron chi connectivity index (χ4n) is 2.08. The van der Waals surface area contributed by atoms with Crippen molar-refractivity contribution in [3.05, 3.63) is 0 Å². The van der Waals surface area contributed by atoms with Crippen LogP contribution in [0.3, 0.4) is 0 Å². The van der Waals surface area contributed by atoms with Crippen LogP contribution in [-0.2, 0) is 4.79 Å². The van der Waals surface area contributed by atoms with Crippen LogP contribution in [0, 0.1) is 5.92 Å². The Kier molecular flexibility index (Phi) is 5.69. The van der Waals surface area contributed by atoms with Crippen molar-refractivity contribution in [3.8, 4) is 0 Å². The highest BCUT2D eigenvalue weighted by Gasteiger charge is 2.23. The summed E-state index contributed by atoms with van der Waals surface area (Å²) in [4.78, 5) is 13.9. The van der Waals surface area contributed by atoms with Gasteiger partial charge in [0.2, 0.25) is 5.91 Å². The molecule has 1 aliphatic rings. The Bertz CT molecular complexity index is 188. The average Bonchev–Trinajstić information content (AvgIpc) is 2.29. The molecule has 0 unspecified atom stereocenters. The van der Waals surface area contributed by atoms with Crippen LogP contribution in [0.2, 0.25) is 0 Å². The van der Waals surface area contributed by atoms with Crippen LogP contribution in [0.5, 0.6) is 0 Å². The van der Waals surface area contributed by atoms with Gasteiger partial charge >= 0.3 is 0 Å². The lowest BCUT2D eigenvalue weighted by Crippen LogP contribution is -2.41. The predicted molar refractivity (Wildman–Crippen MR) is 62.8 cm³/mol. The van der Waals surface area contributed by atoms with E-state index in [2.05, 4.69) is 12.2 Å². The smallest absolute Gasteiger partial charge is 0.226 e. The number of hydrogen-bond acceptors (Lipinski definition) is 2. The van der Waals surface area contributed by atoms with Crippen molar-refractivity contribution in [1.29, 1.82) is 0 Å². The summed E-state index contributed by atoms with van der Waals surface area (Å²) in [7, 11) is 1.94. The summed E-state index contributed by atoms with van der Waals surface area (Å²) in [6.45, 7) is 5.05. The number of carbonyl (C=O) groups is 1.